The first-order valence-electron chi connectivity index (χ1n) is 5.21. The number of hydrogen-bond donors (Lipinski definition) is 0. The fourth-order valence-electron chi connectivity index (χ4n) is 2.00. The maximum atomic E-state index is 2.16. The normalized spacial score (nSPS) is 10.3. The van der Waals surface area contributed by atoms with Crippen LogP contribution in [-0.2, 0) is 7.05 Å². The Morgan fingerprint density at radius 1 is 0.867 bits per heavy atom. The Bertz CT molecular complexity index is 466. The largest absolute Gasteiger partial charge is 0.212 e. The molecule has 0 aliphatic carbocycles. The van der Waals surface area contributed by atoms with Gasteiger partial charge in [0.25, 0.3) is 0 Å². The average molecular weight is 198 g/mol. The Morgan fingerprint density at radius 2 is 1.53 bits per heavy atom. The van der Waals surface area contributed by atoms with Crippen molar-refractivity contribution < 1.29 is 4.57 Å². The van der Waals surface area contributed by atoms with Crippen molar-refractivity contribution in [3.8, 4) is 11.3 Å². The minimum atomic E-state index is 1.27. The van der Waals surface area contributed by atoms with Crippen LogP contribution in [-0.4, -0.2) is 0 Å². The fraction of sp³-hybridized carbons (Fsp3) is 0.214. The Balaban J connectivity index is 2.69. The smallest absolute Gasteiger partial charge is 0.201 e. The van der Waals surface area contributed by atoms with Gasteiger partial charge in [0.1, 0.15) is 7.05 Å². The molecule has 0 saturated carbocycles. The summed E-state index contributed by atoms with van der Waals surface area (Å²) in [6, 6.07) is 12.7. The molecule has 0 amide bonds. The topological polar surface area (TPSA) is 3.88 Å². The van der Waals surface area contributed by atoms with Crippen LogP contribution in [0.5, 0.6) is 0 Å². The number of aryl methyl sites for hydroxylation is 3. The summed E-state index contributed by atoms with van der Waals surface area (Å²) in [5.74, 6) is 0. The molecule has 0 saturated heterocycles. The number of pyridine rings is 1. The van der Waals surface area contributed by atoms with Gasteiger partial charge in [0.2, 0.25) is 5.69 Å². The first kappa shape index (κ1) is 9.91. The summed E-state index contributed by atoms with van der Waals surface area (Å²) in [7, 11) is 2.08. The van der Waals surface area contributed by atoms with E-state index in [1.165, 1.54) is 22.4 Å². The summed E-state index contributed by atoms with van der Waals surface area (Å²) >= 11 is 0. The molecule has 0 unspecified atom stereocenters. The molecule has 1 aromatic heterocycles. The highest BCUT2D eigenvalue weighted by Gasteiger charge is 2.12. The van der Waals surface area contributed by atoms with Crippen molar-refractivity contribution >= 4 is 0 Å². The highest BCUT2D eigenvalue weighted by atomic mass is 14.9. The predicted molar refractivity (Wildman–Crippen MR) is 62.5 cm³/mol. The van der Waals surface area contributed by atoms with Crippen LogP contribution >= 0.6 is 0 Å². The molecule has 1 heteroatoms. The Labute approximate surface area is 91.0 Å². The summed E-state index contributed by atoms with van der Waals surface area (Å²) < 4.78 is 2.16. The van der Waals surface area contributed by atoms with Crippen molar-refractivity contribution in [2.75, 3.05) is 0 Å². The Hall–Kier alpha value is -1.63. The van der Waals surface area contributed by atoms with Gasteiger partial charge in [-0.15, -0.1) is 0 Å². The van der Waals surface area contributed by atoms with E-state index in [0.29, 0.717) is 0 Å². The van der Waals surface area contributed by atoms with Crippen molar-refractivity contribution in [1.29, 1.82) is 0 Å². The van der Waals surface area contributed by atoms with Gasteiger partial charge in [-0.1, -0.05) is 18.2 Å². The molecule has 1 nitrogen and oxygen atoms in total. The van der Waals surface area contributed by atoms with E-state index in [1.807, 2.05) is 0 Å². The molecule has 0 bridgehead atoms. The first-order chi connectivity index (χ1) is 7.20. The lowest BCUT2D eigenvalue weighted by Crippen LogP contribution is -2.30. The van der Waals surface area contributed by atoms with Crippen molar-refractivity contribution in [2.45, 2.75) is 13.8 Å². The second-order valence-corrected chi connectivity index (χ2v) is 3.96. The lowest BCUT2D eigenvalue weighted by atomic mass is 9.99. The zero-order chi connectivity index (χ0) is 10.8. The highest BCUT2D eigenvalue weighted by Crippen LogP contribution is 2.23. The van der Waals surface area contributed by atoms with E-state index in [-0.39, 0.29) is 0 Å². The number of benzene rings is 1. The van der Waals surface area contributed by atoms with Gasteiger partial charge in [0.15, 0.2) is 6.20 Å². The lowest BCUT2D eigenvalue weighted by molar-refractivity contribution is -0.660. The molecule has 0 spiro atoms. The third kappa shape index (κ3) is 1.78. The minimum Gasteiger partial charge on any atom is -0.201 e. The second-order valence-electron chi connectivity index (χ2n) is 3.96. The molecule has 0 N–H and O–H groups in total. The van der Waals surface area contributed by atoms with Gasteiger partial charge in [0, 0.05) is 12.1 Å². The van der Waals surface area contributed by atoms with Crippen LogP contribution in [0.25, 0.3) is 11.3 Å². The molecule has 15 heavy (non-hydrogen) atoms. The number of hydrogen-bond acceptors (Lipinski definition) is 0. The maximum absolute atomic E-state index is 2.16. The van der Waals surface area contributed by atoms with Crippen LogP contribution in [0.15, 0.2) is 42.6 Å². The summed E-state index contributed by atoms with van der Waals surface area (Å²) in [4.78, 5) is 0. The van der Waals surface area contributed by atoms with Gasteiger partial charge in [-0.2, -0.15) is 0 Å². The van der Waals surface area contributed by atoms with E-state index < -0.39 is 0 Å². The monoisotopic (exact) mass is 198 g/mol. The predicted octanol–water partition coefficient (Wildman–Crippen LogP) is 2.79. The Kier molecular flexibility index (Phi) is 2.55. The zero-order valence-electron chi connectivity index (χ0n) is 9.49. The van der Waals surface area contributed by atoms with E-state index >= 15 is 0 Å². The summed E-state index contributed by atoms with van der Waals surface area (Å²) in [6.45, 7) is 4.32. The van der Waals surface area contributed by atoms with Crippen LogP contribution in [0.2, 0.25) is 0 Å². The van der Waals surface area contributed by atoms with Crippen LogP contribution < -0.4 is 4.57 Å². The minimum absolute atomic E-state index is 1.27. The number of rotatable bonds is 1. The molecule has 1 aromatic carbocycles. The molecule has 2 rings (SSSR count). The van der Waals surface area contributed by atoms with E-state index in [4.69, 9.17) is 0 Å². The van der Waals surface area contributed by atoms with E-state index in [0.717, 1.165) is 0 Å². The first-order valence-corrected chi connectivity index (χ1v) is 5.21. The van der Waals surface area contributed by atoms with Gasteiger partial charge >= 0.3 is 0 Å². The van der Waals surface area contributed by atoms with Gasteiger partial charge in [-0.05, 0) is 31.0 Å². The van der Waals surface area contributed by atoms with Gasteiger partial charge in [-0.25, -0.2) is 4.57 Å². The summed E-state index contributed by atoms with van der Waals surface area (Å²) in [5.41, 5.74) is 5.28. The zero-order valence-corrected chi connectivity index (χ0v) is 9.49. The van der Waals surface area contributed by atoms with Gasteiger partial charge in [0.05, 0.1) is 5.56 Å². The molecule has 76 valence electrons. The SMILES string of the molecule is Cc1cccc(C)c1-c1cccc[n+]1C. The lowest BCUT2D eigenvalue weighted by Gasteiger charge is -2.07. The fourth-order valence-corrected chi connectivity index (χ4v) is 2.00. The van der Waals surface area contributed by atoms with Crippen molar-refractivity contribution in [1.82, 2.24) is 0 Å². The standard InChI is InChI=1S/C14H16N/c1-11-7-6-8-12(2)14(11)13-9-4-5-10-15(13)3/h4-10H,1-3H3/q+1. The van der Waals surface area contributed by atoms with Gasteiger partial charge < -0.3 is 0 Å². The van der Waals surface area contributed by atoms with Crippen LogP contribution in [0.1, 0.15) is 11.1 Å². The van der Waals surface area contributed by atoms with Crippen LogP contribution in [0.4, 0.5) is 0 Å². The van der Waals surface area contributed by atoms with Crippen molar-refractivity contribution in [3.05, 3.63) is 53.7 Å². The molecule has 0 aliphatic heterocycles. The van der Waals surface area contributed by atoms with E-state index in [1.54, 1.807) is 0 Å². The van der Waals surface area contributed by atoms with Crippen LogP contribution in [0, 0.1) is 13.8 Å². The number of aromatic nitrogens is 1. The maximum Gasteiger partial charge on any atom is 0.212 e. The van der Waals surface area contributed by atoms with E-state index in [2.05, 4.69) is 68.1 Å². The third-order valence-corrected chi connectivity index (χ3v) is 2.79. The second kappa shape index (κ2) is 3.85. The van der Waals surface area contributed by atoms with E-state index in [9.17, 15) is 0 Å². The van der Waals surface area contributed by atoms with Crippen molar-refractivity contribution in [3.63, 3.8) is 0 Å². The number of nitrogens with zero attached hydrogens (tertiary/aromatic N) is 1. The molecule has 2 aromatic rings. The molecular formula is C14H16N+. The summed E-state index contributed by atoms with van der Waals surface area (Å²) in [6.07, 6.45) is 2.08. The van der Waals surface area contributed by atoms with Crippen LogP contribution in [0.3, 0.4) is 0 Å². The molecule has 0 aliphatic rings. The highest BCUT2D eigenvalue weighted by molar-refractivity contribution is 5.64. The average Bonchev–Trinajstić information content (AvgIpc) is 2.20. The molecule has 0 atom stereocenters. The molecular weight excluding hydrogens is 182 g/mol. The van der Waals surface area contributed by atoms with Gasteiger partial charge in [-0.3, -0.25) is 0 Å². The Morgan fingerprint density at radius 3 is 2.13 bits per heavy atom. The quantitative estimate of drug-likeness (QED) is 0.620. The molecule has 0 fully saturated rings. The molecule has 0 radical (unpaired) electrons. The van der Waals surface area contributed by atoms with Crippen molar-refractivity contribution in [2.24, 2.45) is 7.05 Å². The molecule has 1 heterocycles. The summed E-state index contributed by atoms with van der Waals surface area (Å²) in [5, 5.41) is 0. The third-order valence-electron chi connectivity index (χ3n) is 2.79.